The van der Waals surface area contributed by atoms with Crippen LogP contribution in [0.25, 0.3) is 21.3 Å². The van der Waals surface area contributed by atoms with Crippen molar-refractivity contribution < 1.29 is 4.79 Å². The van der Waals surface area contributed by atoms with Crippen LogP contribution in [0, 0.1) is 0 Å². The van der Waals surface area contributed by atoms with Gasteiger partial charge in [0.1, 0.15) is 10.7 Å². The van der Waals surface area contributed by atoms with Gasteiger partial charge in [-0.3, -0.25) is 14.9 Å². The van der Waals surface area contributed by atoms with E-state index in [0.29, 0.717) is 17.5 Å². The number of carbonyl (C=O) groups is 1. The minimum absolute atomic E-state index is 0.0632. The lowest BCUT2D eigenvalue weighted by molar-refractivity contribution is -0.113. The summed E-state index contributed by atoms with van der Waals surface area (Å²) in [5.74, 6) is 1.62. The molecule has 0 spiro atoms. The summed E-state index contributed by atoms with van der Waals surface area (Å²) in [4.78, 5) is 41.6. The van der Waals surface area contributed by atoms with Crippen molar-refractivity contribution in [1.29, 1.82) is 0 Å². The molecule has 0 unspecified atom stereocenters. The Morgan fingerprint density at radius 3 is 3.00 bits per heavy atom. The van der Waals surface area contributed by atoms with E-state index in [1.807, 2.05) is 24.3 Å². The summed E-state index contributed by atoms with van der Waals surface area (Å²) in [5.41, 5.74) is 2.80. The number of carbonyl (C=O) groups excluding carboxylic acids is 1. The van der Waals surface area contributed by atoms with Gasteiger partial charge < -0.3 is 9.97 Å². The third-order valence-corrected chi connectivity index (χ3v) is 6.87. The molecule has 28 heavy (non-hydrogen) atoms. The Balaban J connectivity index is 1.23. The SMILES string of the molecule is O=C(CSCc1nc2sc3c(c2c(=O)[nH]1)CCC3)Nc1nc2ccccc2[nH]1. The molecule has 7 nitrogen and oxygen atoms in total. The summed E-state index contributed by atoms with van der Waals surface area (Å²) in [6.07, 6.45) is 3.13. The smallest absolute Gasteiger partial charge is 0.259 e. The average molecular weight is 412 g/mol. The summed E-state index contributed by atoms with van der Waals surface area (Å²) in [5, 5.41) is 3.53. The number of fused-ring (bicyclic) bond motifs is 4. The van der Waals surface area contributed by atoms with Gasteiger partial charge in [0.2, 0.25) is 11.9 Å². The fourth-order valence-corrected chi connectivity index (χ4v) is 5.51. The van der Waals surface area contributed by atoms with E-state index in [2.05, 4.69) is 25.3 Å². The number of aromatic nitrogens is 4. The van der Waals surface area contributed by atoms with Crippen molar-refractivity contribution in [3.05, 3.63) is 50.9 Å². The van der Waals surface area contributed by atoms with Crippen molar-refractivity contribution in [1.82, 2.24) is 19.9 Å². The molecule has 142 valence electrons. The van der Waals surface area contributed by atoms with Gasteiger partial charge in [0.05, 0.1) is 27.9 Å². The van der Waals surface area contributed by atoms with E-state index in [9.17, 15) is 9.59 Å². The summed E-state index contributed by atoms with van der Waals surface area (Å²) in [6, 6.07) is 7.60. The molecule has 1 aromatic carbocycles. The zero-order valence-corrected chi connectivity index (χ0v) is 16.5. The van der Waals surface area contributed by atoms with Gasteiger partial charge in [0.15, 0.2) is 0 Å². The van der Waals surface area contributed by atoms with Gasteiger partial charge >= 0.3 is 0 Å². The van der Waals surface area contributed by atoms with E-state index in [-0.39, 0.29) is 17.2 Å². The Labute approximate surface area is 168 Å². The van der Waals surface area contributed by atoms with E-state index < -0.39 is 0 Å². The number of nitrogens with zero attached hydrogens (tertiary/aromatic N) is 2. The zero-order valence-electron chi connectivity index (χ0n) is 14.9. The lowest BCUT2D eigenvalue weighted by Crippen LogP contribution is -2.16. The maximum atomic E-state index is 12.5. The van der Waals surface area contributed by atoms with Crippen molar-refractivity contribution in [3.8, 4) is 0 Å². The molecule has 9 heteroatoms. The normalized spacial score (nSPS) is 13.3. The first kappa shape index (κ1) is 17.4. The molecule has 0 atom stereocenters. The highest BCUT2D eigenvalue weighted by atomic mass is 32.2. The average Bonchev–Trinajstić information content (AvgIpc) is 3.34. The first-order valence-electron chi connectivity index (χ1n) is 9.03. The molecule has 0 radical (unpaired) electrons. The van der Waals surface area contributed by atoms with Gasteiger partial charge in [0, 0.05) is 4.88 Å². The molecule has 4 aromatic rings. The molecule has 0 fully saturated rings. The fraction of sp³-hybridized carbons (Fsp3) is 0.263. The monoisotopic (exact) mass is 411 g/mol. The second-order valence-corrected chi connectivity index (χ2v) is 8.76. The van der Waals surface area contributed by atoms with Crippen LogP contribution >= 0.6 is 23.1 Å². The molecule has 0 saturated heterocycles. The third-order valence-electron chi connectivity index (χ3n) is 4.74. The van der Waals surface area contributed by atoms with Crippen LogP contribution in [0.5, 0.6) is 0 Å². The number of H-pyrrole nitrogens is 2. The Hall–Kier alpha value is -2.65. The molecule has 3 N–H and O–H groups in total. The molecule has 0 aliphatic heterocycles. The summed E-state index contributed by atoms with van der Waals surface area (Å²) in [7, 11) is 0. The second kappa shape index (κ2) is 7.06. The maximum absolute atomic E-state index is 12.5. The molecule has 1 amide bonds. The zero-order chi connectivity index (χ0) is 19.1. The predicted molar refractivity (Wildman–Crippen MR) is 113 cm³/mol. The predicted octanol–water partition coefficient (Wildman–Crippen LogP) is 3.22. The number of benzene rings is 1. The maximum Gasteiger partial charge on any atom is 0.259 e. The van der Waals surface area contributed by atoms with Crippen LogP contribution in [0.2, 0.25) is 0 Å². The van der Waals surface area contributed by atoms with Crippen LogP contribution in [0.4, 0.5) is 5.95 Å². The first-order valence-corrected chi connectivity index (χ1v) is 11.0. The van der Waals surface area contributed by atoms with Crippen LogP contribution in [0.15, 0.2) is 29.1 Å². The van der Waals surface area contributed by atoms with Crippen molar-refractivity contribution in [3.63, 3.8) is 0 Å². The minimum atomic E-state index is -0.150. The molecule has 3 aromatic heterocycles. The topological polar surface area (TPSA) is 104 Å². The lowest BCUT2D eigenvalue weighted by atomic mass is 10.2. The highest BCUT2D eigenvalue weighted by Crippen LogP contribution is 2.34. The number of aryl methyl sites for hydroxylation is 2. The quantitative estimate of drug-likeness (QED) is 0.468. The van der Waals surface area contributed by atoms with Crippen LogP contribution in [-0.2, 0) is 23.4 Å². The van der Waals surface area contributed by atoms with E-state index in [4.69, 9.17) is 0 Å². The fourth-order valence-electron chi connectivity index (χ4n) is 3.54. The molecule has 1 aliphatic rings. The summed E-state index contributed by atoms with van der Waals surface area (Å²) in [6.45, 7) is 0. The van der Waals surface area contributed by atoms with Crippen molar-refractivity contribution in [2.45, 2.75) is 25.0 Å². The van der Waals surface area contributed by atoms with E-state index in [1.165, 1.54) is 22.2 Å². The van der Waals surface area contributed by atoms with Crippen molar-refractivity contribution in [2.75, 3.05) is 11.1 Å². The number of rotatable bonds is 5. The van der Waals surface area contributed by atoms with Gasteiger partial charge in [-0.25, -0.2) is 9.97 Å². The number of nitrogens with one attached hydrogen (secondary N) is 3. The second-order valence-electron chi connectivity index (χ2n) is 6.69. The van der Waals surface area contributed by atoms with E-state index in [0.717, 1.165) is 40.5 Å². The van der Waals surface area contributed by atoms with Crippen LogP contribution in [-0.4, -0.2) is 31.6 Å². The Morgan fingerprint density at radius 1 is 1.21 bits per heavy atom. The molecular formula is C19H17N5O2S2. The number of anilines is 1. The number of thioether (sulfide) groups is 1. The highest BCUT2D eigenvalue weighted by Gasteiger charge is 2.21. The standard InChI is InChI=1S/C19H17N5O2S2/c25-15(24-19-20-11-5-1-2-6-12(11)21-19)9-27-8-14-22-17(26)16-10-4-3-7-13(10)28-18(16)23-14/h1-2,5-6H,3-4,7-9H2,(H,22,23,26)(H2,20,21,24,25). The van der Waals surface area contributed by atoms with Gasteiger partial charge in [-0.1, -0.05) is 12.1 Å². The molecule has 1 aliphatic carbocycles. The molecule has 3 heterocycles. The number of amides is 1. The highest BCUT2D eigenvalue weighted by molar-refractivity contribution is 7.99. The van der Waals surface area contributed by atoms with Gasteiger partial charge in [-0.15, -0.1) is 23.1 Å². The van der Waals surface area contributed by atoms with Gasteiger partial charge in [0.25, 0.3) is 5.56 Å². The summed E-state index contributed by atoms with van der Waals surface area (Å²) < 4.78 is 0. The third kappa shape index (κ3) is 3.20. The number of thiophene rings is 1. The molecule has 5 rings (SSSR count). The van der Waals surface area contributed by atoms with Gasteiger partial charge in [-0.05, 0) is 37.0 Å². The largest absolute Gasteiger partial charge is 0.324 e. The molecule has 0 saturated carbocycles. The van der Waals surface area contributed by atoms with Crippen LogP contribution in [0.3, 0.4) is 0 Å². The number of aromatic amines is 2. The number of hydrogen-bond donors (Lipinski definition) is 3. The van der Waals surface area contributed by atoms with Crippen LogP contribution in [0.1, 0.15) is 22.7 Å². The van der Waals surface area contributed by atoms with E-state index in [1.54, 1.807) is 11.3 Å². The summed E-state index contributed by atoms with van der Waals surface area (Å²) >= 11 is 3.03. The molecular weight excluding hydrogens is 394 g/mol. The molecule has 0 bridgehead atoms. The Kier molecular flexibility index (Phi) is 4.40. The van der Waals surface area contributed by atoms with Crippen LogP contribution < -0.4 is 10.9 Å². The van der Waals surface area contributed by atoms with Crippen molar-refractivity contribution in [2.24, 2.45) is 0 Å². The number of hydrogen-bond acceptors (Lipinski definition) is 6. The Bertz CT molecular complexity index is 1220. The van der Waals surface area contributed by atoms with Gasteiger partial charge in [-0.2, -0.15) is 0 Å². The van der Waals surface area contributed by atoms with Crippen molar-refractivity contribution >= 4 is 56.2 Å². The first-order chi connectivity index (χ1) is 13.7. The lowest BCUT2D eigenvalue weighted by Gasteiger charge is -2.03. The minimum Gasteiger partial charge on any atom is -0.324 e. The number of para-hydroxylation sites is 2. The Morgan fingerprint density at radius 2 is 2.11 bits per heavy atom. The number of imidazole rings is 1. The van der Waals surface area contributed by atoms with E-state index >= 15 is 0 Å².